The smallest absolute Gasteiger partial charge is 0.190 e. The molecule has 0 amide bonds. The number of aliphatic imine (C=N–C) groups is 1. The van der Waals surface area contributed by atoms with Crippen LogP contribution in [0.4, 0.5) is 5.69 Å². The fourth-order valence-electron chi connectivity index (χ4n) is 3.22. The van der Waals surface area contributed by atoms with Gasteiger partial charge >= 0.3 is 0 Å². The lowest BCUT2D eigenvalue weighted by atomic mass is 10.1. The van der Waals surface area contributed by atoms with Crippen molar-refractivity contribution in [1.29, 1.82) is 0 Å². The van der Waals surface area contributed by atoms with E-state index in [9.17, 15) is 0 Å². The molecule has 0 saturated carbocycles. The SMILES string of the molecule is CN=C(NCCCCC(C)C)NCC1CCN(c2ccccc2)C1. The highest BCUT2D eigenvalue weighted by atomic mass is 15.2. The molecule has 2 N–H and O–H groups in total. The predicted molar refractivity (Wildman–Crippen MR) is 105 cm³/mol. The molecule has 1 atom stereocenters. The summed E-state index contributed by atoms with van der Waals surface area (Å²) in [4.78, 5) is 6.82. The first-order chi connectivity index (χ1) is 11.7. The van der Waals surface area contributed by atoms with Gasteiger partial charge in [-0.3, -0.25) is 4.99 Å². The first-order valence-electron chi connectivity index (χ1n) is 9.43. The first-order valence-corrected chi connectivity index (χ1v) is 9.43. The molecule has 0 aromatic heterocycles. The Balaban J connectivity index is 1.63. The van der Waals surface area contributed by atoms with Crippen molar-refractivity contribution < 1.29 is 0 Å². The van der Waals surface area contributed by atoms with Crippen molar-refractivity contribution in [1.82, 2.24) is 10.6 Å². The maximum absolute atomic E-state index is 4.34. The van der Waals surface area contributed by atoms with Crippen LogP contribution in [0.2, 0.25) is 0 Å². The Morgan fingerprint density at radius 3 is 2.71 bits per heavy atom. The van der Waals surface area contributed by atoms with Gasteiger partial charge in [0.25, 0.3) is 0 Å². The molecule has 24 heavy (non-hydrogen) atoms. The average molecular weight is 331 g/mol. The highest BCUT2D eigenvalue weighted by molar-refractivity contribution is 5.79. The second-order valence-electron chi connectivity index (χ2n) is 7.21. The van der Waals surface area contributed by atoms with E-state index in [-0.39, 0.29) is 0 Å². The van der Waals surface area contributed by atoms with E-state index in [1.807, 2.05) is 7.05 Å². The van der Waals surface area contributed by atoms with E-state index in [1.165, 1.54) is 31.4 Å². The minimum atomic E-state index is 0.685. The topological polar surface area (TPSA) is 39.7 Å². The van der Waals surface area contributed by atoms with Crippen LogP contribution in [-0.2, 0) is 0 Å². The van der Waals surface area contributed by atoms with Crippen molar-refractivity contribution in [2.24, 2.45) is 16.8 Å². The number of unbranched alkanes of at least 4 members (excludes halogenated alkanes) is 1. The fourth-order valence-corrected chi connectivity index (χ4v) is 3.22. The summed E-state index contributed by atoms with van der Waals surface area (Å²) >= 11 is 0. The van der Waals surface area contributed by atoms with Gasteiger partial charge in [0.1, 0.15) is 0 Å². The molecule has 1 fully saturated rings. The molecule has 0 spiro atoms. The Hall–Kier alpha value is -1.71. The summed E-state index contributed by atoms with van der Waals surface area (Å²) in [5, 5.41) is 6.93. The van der Waals surface area contributed by atoms with Gasteiger partial charge in [-0.05, 0) is 36.8 Å². The fraction of sp³-hybridized carbons (Fsp3) is 0.650. The first kappa shape index (κ1) is 18.6. The maximum atomic E-state index is 4.34. The monoisotopic (exact) mass is 330 g/mol. The number of para-hydroxylation sites is 1. The van der Waals surface area contributed by atoms with E-state index in [4.69, 9.17) is 0 Å². The van der Waals surface area contributed by atoms with Crippen molar-refractivity contribution in [2.45, 2.75) is 39.5 Å². The molecule has 0 radical (unpaired) electrons. The normalized spacial score (nSPS) is 18.2. The Kier molecular flexibility index (Phi) is 7.93. The van der Waals surface area contributed by atoms with Gasteiger partial charge < -0.3 is 15.5 Å². The van der Waals surface area contributed by atoms with E-state index in [2.05, 4.69) is 64.7 Å². The van der Waals surface area contributed by atoms with Crippen LogP contribution >= 0.6 is 0 Å². The molecule has 2 rings (SSSR count). The van der Waals surface area contributed by atoms with Crippen molar-refractivity contribution in [3.05, 3.63) is 30.3 Å². The van der Waals surface area contributed by atoms with Gasteiger partial charge in [0.15, 0.2) is 5.96 Å². The van der Waals surface area contributed by atoms with E-state index < -0.39 is 0 Å². The van der Waals surface area contributed by atoms with Crippen LogP contribution in [0.15, 0.2) is 35.3 Å². The lowest BCUT2D eigenvalue weighted by Crippen LogP contribution is -2.40. The van der Waals surface area contributed by atoms with Crippen LogP contribution in [0.5, 0.6) is 0 Å². The van der Waals surface area contributed by atoms with Crippen molar-refractivity contribution in [3.63, 3.8) is 0 Å². The number of benzene rings is 1. The average Bonchev–Trinajstić information content (AvgIpc) is 3.07. The molecule has 0 bridgehead atoms. The molecule has 0 aliphatic carbocycles. The third-order valence-corrected chi connectivity index (χ3v) is 4.69. The van der Waals surface area contributed by atoms with E-state index in [0.29, 0.717) is 5.92 Å². The van der Waals surface area contributed by atoms with Crippen LogP contribution < -0.4 is 15.5 Å². The molecule has 1 aromatic rings. The minimum absolute atomic E-state index is 0.685. The molecule has 1 aliphatic heterocycles. The van der Waals surface area contributed by atoms with Crippen LogP contribution in [0.1, 0.15) is 39.5 Å². The zero-order chi connectivity index (χ0) is 17.2. The third-order valence-electron chi connectivity index (χ3n) is 4.69. The van der Waals surface area contributed by atoms with Crippen LogP contribution in [0.25, 0.3) is 0 Å². The van der Waals surface area contributed by atoms with Gasteiger partial charge in [-0.2, -0.15) is 0 Å². The Morgan fingerprint density at radius 2 is 2.00 bits per heavy atom. The minimum Gasteiger partial charge on any atom is -0.371 e. The Morgan fingerprint density at radius 1 is 1.21 bits per heavy atom. The number of anilines is 1. The quantitative estimate of drug-likeness (QED) is 0.435. The molecule has 134 valence electrons. The molecule has 1 unspecified atom stereocenters. The van der Waals surface area contributed by atoms with Crippen LogP contribution in [0.3, 0.4) is 0 Å². The van der Waals surface area contributed by atoms with E-state index >= 15 is 0 Å². The summed E-state index contributed by atoms with van der Waals surface area (Å²) in [5.41, 5.74) is 1.34. The lowest BCUT2D eigenvalue weighted by molar-refractivity contribution is 0.531. The molecule has 1 aromatic carbocycles. The van der Waals surface area contributed by atoms with Crippen molar-refractivity contribution in [2.75, 3.05) is 38.1 Å². The molecule has 1 aliphatic rings. The zero-order valence-corrected chi connectivity index (χ0v) is 15.6. The predicted octanol–water partition coefficient (Wildman–Crippen LogP) is 3.50. The molecular weight excluding hydrogens is 296 g/mol. The second kappa shape index (κ2) is 10.2. The molecule has 1 heterocycles. The molecule has 1 saturated heterocycles. The number of nitrogens with one attached hydrogen (secondary N) is 2. The Labute approximate surface area is 147 Å². The summed E-state index contributed by atoms with van der Waals surface area (Å²) in [6.07, 6.45) is 5.05. The number of hydrogen-bond acceptors (Lipinski definition) is 2. The second-order valence-corrected chi connectivity index (χ2v) is 7.21. The molecule has 4 heteroatoms. The molecular formula is C20H34N4. The van der Waals surface area contributed by atoms with Gasteiger partial charge in [0.2, 0.25) is 0 Å². The van der Waals surface area contributed by atoms with Gasteiger partial charge in [0.05, 0.1) is 0 Å². The number of hydrogen-bond donors (Lipinski definition) is 2. The standard InChI is InChI=1S/C20H34N4/c1-17(2)9-7-8-13-22-20(21-3)23-15-18-12-14-24(16-18)19-10-5-4-6-11-19/h4-6,10-11,17-18H,7-9,12-16H2,1-3H3,(H2,21,22,23). The highest BCUT2D eigenvalue weighted by Crippen LogP contribution is 2.22. The van der Waals surface area contributed by atoms with Gasteiger partial charge in [-0.15, -0.1) is 0 Å². The van der Waals surface area contributed by atoms with Gasteiger partial charge in [0, 0.05) is 38.9 Å². The summed E-state index contributed by atoms with van der Waals surface area (Å²) in [6, 6.07) is 10.7. The summed E-state index contributed by atoms with van der Waals surface area (Å²) in [5.74, 6) is 2.43. The highest BCUT2D eigenvalue weighted by Gasteiger charge is 2.22. The zero-order valence-electron chi connectivity index (χ0n) is 15.6. The number of guanidine groups is 1. The third kappa shape index (κ3) is 6.42. The lowest BCUT2D eigenvalue weighted by Gasteiger charge is -2.19. The summed E-state index contributed by atoms with van der Waals surface area (Å²) < 4.78 is 0. The van der Waals surface area contributed by atoms with Crippen LogP contribution in [-0.4, -0.2) is 39.2 Å². The van der Waals surface area contributed by atoms with Crippen molar-refractivity contribution in [3.8, 4) is 0 Å². The largest absolute Gasteiger partial charge is 0.371 e. The van der Waals surface area contributed by atoms with E-state index in [1.54, 1.807) is 0 Å². The maximum Gasteiger partial charge on any atom is 0.190 e. The van der Waals surface area contributed by atoms with Gasteiger partial charge in [-0.25, -0.2) is 0 Å². The molecule has 4 nitrogen and oxygen atoms in total. The van der Waals surface area contributed by atoms with Crippen molar-refractivity contribution >= 4 is 11.6 Å². The van der Waals surface area contributed by atoms with E-state index in [0.717, 1.165) is 38.1 Å². The summed E-state index contributed by atoms with van der Waals surface area (Å²) in [7, 11) is 1.86. The van der Waals surface area contributed by atoms with Crippen LogP contribution in [0, 0.1) is 11.8 Å². The number of nitrogens with zero attached hydrogens (tertiary/aromatic N) is 2. The van der Waals surface area contributed by atoms with Gasteiger partial charge in [-0.1, -0.05) is 44.9 Å². The number of rotatable bonds is 8. The Bertz CT molecular complexity index is 484. The summed E-state index contributed by atoms with van der Waals surface area (Å²) in [6.45, 7) is 8.85.